The second-order valence-corrected chi connectivity index (χ2v) is 9.58. The van der Waals surface area contributed by atoms with Crippen molar-refractivity contribution in [3.63, 3.8) is 0 Å². The first-order valence-electron chi connectivity index (χ1n) is 11.6. The first-order chi connectivity index (χ1) is 16.3. The van der Waals surface area contributed by atoms with Crippen molar-refractivity contribution in [2.24, 2.45) is 7.05 Å². The summed E-state index contributed by atoms with van der Waals surface area (Å²) in [5, 5.41) is 14.0. The van der Waals surface area contributed by atoms with E-state index in [1.165, 1.54) is 0 Å². The molecule has 1 N–H and O–H groups in total. The number of ether oxygens (including phenoxy) is 1. The Morgan fingerprint density at radius 1 is 1.12 bits per heavy atom. The summed E-state index contributed by atoms with van der Waals surface area (Å²) >= 11 is 6.35. The Morgan fingerprint density at radius 2 is 1.88 bits per heavy atom. The topological polar surface area (TPSA) is 84.8 Å². The lowest BCUT2D eigenvalue weighted by atomic mass is 9.87. The number of methoxy groups -OCH3 is 1. The van der Waals surface area contributed by atoms with Crippen molar-refractivity contribution in [3.8, 4) is 11.3 Å². The van der Waals surface area contributed by atoms with Crippen LogP contribution in [0.1, 0.15) is 41.4 Å². The molecule has 0 atom stereocenters. The molecule has 0 radical (unpaired) electrons. The second kappa shape index (κ2) is 8.76. The lowest BCUT2D eigenvalue weighted by Crippen LogP contribution is -2.43. The van der Waals surface area contributed by atoms with Crippen LogP contribution in [0.5, 0.6) is 0 Å². The van der Waals surface area contributed by atoms with Crippen molar-refractivity contribution >= 4 is 22.5 Å². The van der Waals surface area contributed by atoms with Crippen molar-refractivity contribution < 1.29 is 4.74 Å². The van der Waals surface area contributed by atoms with Gasteiger partial charge in [0.15, 0.2) is 0 Å². The fraction of sp³-hybridized carbons (Fsp3) is 0.440. The van der Waals surface area contributed by atoms with E-state index in [0.717, 1.165) is 76.7 Å². The van der Waals surface area contributed by atoms with Crippen molar-refractivity contribution in [1.29, 1.82) is 0 Å². The van der Waals surface area contributed by atoms with Gasteiger partial charge in [0.25, 0.3) is 0 Å². The Hall–Kier alpha value is -2.81. The predicted molar refractivity (Wildman–Crippen MR) is 133 cm³/mol. The van der Waals surface area contributed by atoms with Crippen LogP contribution >= 0.6 is 11.6 Å². The number of likely N-dealkylation sites (tertiary alicyclic amines) is 1. The first-order valence-corrected chi connectivity index (χ1v) is 11.9. The molecule has 34 heavy (non-hydrogen) atoms. The molecule has 1 aromatic carbocycles. The normalized spacial score (nSPS) is 16.4. The van der Waals surface area contributed by atoms with Crippen LogP contribution < -0.4 is 0 Å². The van der Waals surface area contributed by atoms with Crippen molar-refractivity contribution in [3.05, 3.63) is 57.9 Å². The van der Waals surface area contributed by atoms with Crippen LogP contribution in [0, 0.1) is 20.8 Å². The second-order valence-electron chi connectivity index (χ2n) is 9.17. The number of fused-ring (bicyclic) bond motifs is 1. The highest BCUT2D eigenvalue weighted by Crippen LogP contribution is 2.38. The number of rotatable bonds is 5. The van der Waals surface area contributed by atoms with E-state index in [2.05, 4.69) is 33.2 Å². The fourth-order valence-corrected chi connectivity index (χ4v) is 5.44. The van der Waals surface area contributed by atoms with E-state index in [4.69, 9.17) is 26.3 Å². The molecule has 0 amide bonds. The number of nitrogens with zero attached hydrogens (tertiary/aromatic N) is 6. The van der Waals surface area contributed by atoms with Gasteiger partial charge in [0.1, 0.15) is 11.4 Å². The van der Waals surface area contributed by atoms with Gasteiger partial charge in [-0.25, -0.2) is 9.97 Å². The van der Waals surface area contributed by atoms with Gasteiger partial charge in [0.05, 0.1) is 39.9 Å². The highest BCUT2D eigenvalue weighted by atomic mass is 35.5. The Balaban J connectivity index is 1.33. The summed E-state index contributed by atoms with van der Waals surface area (Å²) in [5.74, 6) is 0.823. The van der Waals surface area contributed by atoms with Gasteiger partial charge in [0, 0.05) is 43.9 Å². The Morgan fingerprint density at radius 3 is 2.56 bits per heavy atom. The van der Waals surface area contributed by atoms with Crippen molar-refractivity contribution in [2.75, 3.05) is 20.2 Å². The van der Waals surface area contributed by atoms with Gasteiger partial charge in [-0.3, -0.25) is 14.7 Å². The summed E-state index contributed by atoms with van der Waals surface area (Å²) in [6.45, 7) is 8.54. The van der Waals surface area contributed by atoms with Crippen molar-refractivity contribution in [1.82, 2.24) is 34.8 Å². The summed E-state index contributed by atoms with van der Waals surface area (Å²) in [6, 6.07) is 7.93. The monoisotopic (exact) mass is 479 g/mol. The summed E-state index contributed by atoms with van der Waals surface area (Å²) in [7, 11) is 3.75. The highest BCUT2D eigenvalue weighted by molar-refractivity contribution is 6.35. The lowest BCUT2D eigenvalue weighted by Gasteiger charge is -2.39. The summed E-state index contributed by atoms with van der Waals surface area (Å²) in [6.07, 6.45) is 1.71. The van der Waals surface area contributed by atoms with Crippen LogP contribution in [0.4, 0.5) is 0 Å². The van der Waals surface area contributed by atoms with E-state index in [-0.39, 0.29) is 5.60 Å². The van der Waals surface area contributed by atoms with Gasteiger partial charge in [-0.1, -0.05) is 17.7 Å². The number of aryl methyl sites for hydroxylation is 3. The number of H-pyrrole nitrogens is 1. The van der Waals surface area contributed by atoms with Crippen LogP contribution in [0.3, 0.4) is 0 Å². The number of halogens is 1. The smallest absolute Gasteiger partial charge is 0.143 e. The first kappa shape index (κ1) is 23.0. The molecule has 0 aliphatic carbocycles. The SMILES string of the molecule is COC1(c2cc(-c3c(C)nn(C)c3C)n[nH]2)CCN(Cc2nc(C)c3c(Cl)cccc3n2)CC1. The number of hydrogen-bond acceptors (Lipinski definition) is 6. The molecule has 9 heteroatoms. The van der Waals surface area contributed by atoms with Crippen LogP contribution in [-0.4, -0.2) is 55.0 Å². The molecule has 0 unspecified atom stereocenters. The summed E-state index contributed by atoms with van der Waals surface area (Å²) in [4.78, 5) is 11.9. The van der Waals surface area contributed by atoms with E-state index in [9.17, 15) is 0 Å². The summed E-state index contributed by atoms with van der Waals surface area (Å²) in [5.41, 5.74) is 6.51. The van der Waals surface area contributed by atoms with E-state index in [1.807, 2.05) is 43.8 Å². The van der Waals surface area contributed by atoms with Gasteiger partial charge >= 0.3 is 0 Å². The largest absolute Gasteiger partial charge is 0.372 e. The van der Waals surface area contributed by atoms with E-state index in [1.54, 1.807) is 7.11 Å². The minimum absolute atomic E-state index is 0.389. The van der Waals surface area contributed by atoms with Crippen molar-refractivity contribution in [2.45, 2.75) is 45.8 Å². The zero-order valence-electron chi connectivity index (χ0n) is 20.3. The number of benzene rings is 1. The number of aromatic nitrogens is 6. The summed E-state index contributed by atoms with van der Waals surface area (Å²) < 4.78 is 8.00. The lowest BCUT2D eigenvalue weighted by molar-refractivity contribution is -0.0671. The molecule has 1 aliphatic rings. The molecule has 1 saturated heterocycles. The maximum atomic E-state index is 6.35. The molecular weight excluding hydrogens is 450 g/mol. The van der Waals surface area contributed by atoms with Gasteiger partial charge in [0.2, 0.25) is 0 Å². The average molecular weight is 480 g/mol. The maximum Gasteiger partial charge on any atom is 0.143 e. The predicted octanol–water partition coefficient (Wildman–Crippen LogP) is 4.47. The molecule has 4 heterocycles. The highest BCUT2D eigenvalue weighted by Gasteiger charge is 2.38. The molecule has 3 aromatic heterocycles. The quantitative estimate of drug-likeness (QED) is 0.454. The molecular formula is C25H30ClN7O. The number of hydrogen-bond donors (Lipinski definition) is 1. The molecule has 0 spiro atoms. The Bertz CT molecular complexity index is 1350. The third-order valence-electron chi connectivity index (χ3n) is 7.15. The third-order valence-corrected chi connectivity index (χ3v) is 7.47. The molecule has 0 saturated carbocycles. The molecule has 0 bridgehead atoms. The van der Waals surface area contributed by atoms with Gasteiger partial charge in [-0.2, -0.15) is 10.2 Å². The molecule has 1 fully saturated rings. The molecule has 178 valence electrons. The number of aromatic amines is 1. The van der Waals surface area contributed by atoms with Gasteiger partial charge in [-0.05, 0) is 51.8 Å². The zero-order chi connectivity index (χ0) is 24.0. The van der Waals surface area contributed by atoms with Gasteiger partial charge < -0.3 is 4.74 Å². The fourth-order valence-electron chi connectivity index (χ4n) is 5.13. The average Bonchev–Trinajstić information content (AvgIpc) is 3.38. The maximum absolute atomic E-state index is 6.35. The van der Waals surface area contributed by atoms with Crippen LogP contribution in [0.2, 0.25) is 5.02 Å². The molecule has 5 rings (SSSR count). The minimum Gasteiger partial charge on any atom is -0.372 e. The van der Waals surface area contributed by atoms with Crippen LogP contribution in [0.25, 0.3) is 22.2 Å². The standard InChI is InChI=1S/C25H30ClN7O/c1-15-24-18(26)7-6-8-19(24)28-22(27-15)14-33-11-9-25(34-5,10-12-33)21-13-20(29-30-21)23-16(2)31-32(4)17(23)3/h6-8,13H,9-12,14H2,1-5H3,(H,29,30). The number of nitrogens with one attached hydrogen (secondary N) is 1. The molecule has 8 nitrogen and oxygen atoms in total. The zero-order valence-corrected chi connectivity index (χ0v) is 21.1. The van der Waals surface area contributed by atoms with Crippen LogP contribution in [-0.2, 0) is 23.9 Å². The van der Waals surface area contributed by atoms with Crippen LogP contribution in [0.15, 0.2) is 24.3 Å². The van der Waals surface area contributed by atoms with E-state index >= 15 is 0 Å². The van der Waals surface area contributed by atoms with Gasteiger partial charge in [-0.15, -0.1) is 0 Å². The Labute approximate surface area is 204 Å². The van der Waals surface area contributed by atoms with E-state index < -0.39 is 0 Å². The number of piperidine rings is 1. The Kier molecular flexibility index (Phi) is 5.91. The van der Waals surface area contributed by atoms with E-state index in [0.29, 0.717) is 11.6 Å². The minimum atomic E-state index is -0.389. The third kappa shape index (κ3) is 3.89. The molecule has 4 aromatic rings. The molecule has 1 aliphatic heterocycles.